The van der Waals surface area contributed by atoms with Crippen molar-refractivity contribution in [2.24, 2.45) is 0 Å². The third kappa shape index (κ3) is 4.11. The lowest BCUT2D eigenvalue weighted by molar-refractivity contribution is -0.137. The molecule has 0 saturated carbocycles. The van der Waals surface area contributed by atoms with Gasteiger partial charge in [-0.2, -0.15) is 13.2 Å². The highest BCUT2D eigenvalue weighted by atomic mass is 19.4. The number of halogens is 3. The minimum Gasteiger partial charge on any atom is -0.467 e. The summed E-state index contributed by atoms with van der Waals surface area (Å²) in [7, 11) is 0. The maximum Gasteiger partial charge on any atom is 0.416 e. The summed E-state index contributed by atoms with van der Waals surface area (Å²) in [6.07, 6.45) is -3.76. The highest BCUT2D eigenvalue weighted by Crippen LogP contribution is 2.29. The van der Waals surface area contributed by atoms with Gasteiger partial charge < -0.3 is 14.8 Å². The molecule has 2 aromatic rings. The molecular weight excluding hydrogens is 299 g/mol. The van der Waals surface area contributed by atoms with Gasteiger partial charge in [-0.05, 0) is 36.8 Å². The van der Waals surface area contributed by atoms with Gasteiger partial charge in [0.05, 0.1) is 11.8 Å². The van der Waals surface area contributed by atoms with Gasteiger partial charge in [0, 0.05) is 12.1 Å². The van der Waals surface area contributed by atoms with Crippen molar-refractivity contribution in [1.82, 2.24) is 5.32 Å². The Kier molecular flexibility index (Phi) is 4.87. The van der Waals surface area contributed by atoms with E-state index in [1.165, 1.54) is 18.4 Å². The largest absolute Gasteiger partial charge is 0.467 e. The Morgan fingerprint density at radius 1 is 1.27 bits per heavy atom. The van der Waals surface area contributed by atoms with E-state index in [1.54, 1.807) is 12.1 Å². The van der Waals surface area contributed by atoms with Crippen molar-refractivity contribution in [1.29, 1.82) is 0 Å². The second kappa shape index (κ2) is 6.65. The fourth-order valence-corrected chi connectivity index (χ4v) is 1.88. The molecule has 1 aromatic heterocycles. The number of benzene rings is 1. The number of alkyl halides is 3. The van der Waals surface area contributed by atoms with Gasteiger partial charge in [-0.15, -0.1) is 0 Å². The number of carbonyl (C=O) groups excluding carboxylic acids is 1. The molecule has 2 rings (SSSR count). The van der Waals surface area contributed by atoms with E-state index < -0.39 is 23.8 Å². The van der Waals surface area contributed by atoms with E-state index in [-0.39, 0.29) is 18.5 Å². The van der Waals surface area contributed by atoms with Crippen molar-refractivity contribution in [3.8, 4) is 0 Å². The molecule has 0 spiro atoms. The summed E-state index contributed by atoms with van der Waals surface area (Å²) >= 11 is 0. The van der Waals surface area contributed by atoms with Crippen LogP contribution in [0.4, 0.5) is 13.2 Å². The Balaban J connectivity index is 1.90. The van der Waals surface area contributed by atoms with Crippen LogP contribution in [-0.2, 0) is 6.18 Å². The van der Waals surface area contributed by atoms with Crippen LogP contribution in [-0.4, -0.2) is 17.6 Å². The van der Waals surface area contributed by atoms with E-state index in [4.69, 9.17) is 4.42 Å². The molecule has 1 unspecified atom stereocenters. The third-order valence-electron chi connectivity index (χ3n) is 3.03. The van der Waals surface area contributed by atoms with E-state index in [2.05, 4.69) is 5.32 Å². The Hall–Kier alpha value is -2.28. The SMILES string of the molecule is O=C(NCCC(O)c1ccco1)c1cccc(C(F)(F)F)c1. The zero-order chi connectivity index (χ0) is 16.2. The van der Waals surface area contributed by atoms with Crippen LogP contribution in [0.2, 0.25) is 0 Å². The zero-order valence-electron chi connectivity index (χ0n) is 11.4. The van der Waals surface area contributed by atoms with Crippen molar-refractivity contribution < 1.29 is 27.5 Å². The van der Waals surface area contributed by atoms with Crippen molar-refractivity contribution in [3.63, 3.8) is 0 Å². The fraction of sp³-hybridized carbons (Fsp3) is 0.267. The van der Waals surface area contributed by atoms with E-state index in [1.807, 2.05) is 0 Å². The van der Waals surface area contributed by atoms with E-state index in [0.717, 1.165) is 12.1 Å². The average molecular weight is 313 g/mol. The van der Waals surface area contributed by atoms with Gasteiger partial charge in [0.2, 0.25) is 0 Å². The highest BCUT2D eigenvalue weighted by Gasteiger charge is 2.30. The van der Waals surface area contributed by atoms with Gasteiger partial charge in [0.15, 0.2) is 0 Å². The molecule has 0 bridgehead atoms. The standard InChI is InChI=1S/C15H14F3NO3/c16-15(17,18)11-4-1-3-10(9-11)14(21)19-7-6-12(20)13-5-2-8-22-13/h1-5,8-9,12,20H,6-7H2,(H,19,21). The molecule has 0 fully saturated rings. The Bertz CT molecular complexity index is 623. The van der Waals surface area contributed by atoms with Gasteiger partial charge in [-0.1, -0.05) is 6.07 Å². The van der Waals surface area contributed by atoms with Crippen LogP contribution in [0.5, 0.6) is 0 Å². The first-order valence-electron chi connectivity index (χ1n) is 6.55. The Labute approximate surface area is 124 Å². The minimum absolute atomic E-state index is 0.0812. The molecule has 1 aromatic carbocycles. The number of hydrogen-bond donors (Lipinski definition) is 2. The van der Waals surface area contributed by atoms with E-state index in [0.29, 0.717) is 5.76 Å². The van der Waals surface area contributed by atoms with Crippen molar-refractivity contribution in [2.75, 3.05) is 6.54 Å². The summed E-state index contributed by atoms with van der Waals surface area (Å²) in [6.45, 7) is 0.108. The number of aliphatic hydroxyl groups excluding tert-OH is 1. The molecular formula is C15H14F3NO3. The molecule has 1 atom stereocenters. The third-order valence-corrected chi connectivity index (χ3v) is 3.03. The molecule has 22 heavy (non-hydrogen) atoms. The first-order valence-corrected chi connectivity index (χ1v) is 6.55. The summed E-state index contributed by atoms with van der Waals surface area (Å²) in [4.78, 5) is 11.8. The number of aliphatic hydroxyl groups is 1. The maximum atomic E-state index is 12.6. The summed E-state index contributed by atoms with van der Waals surface area (Å²) in [5.74, 6) is -0.258. The summed E-state index contributed by atoms with van der Waals surface area (Å²) < 4.78 is 42.7. The highest BCUT2D eigenvalue weighted by molar-refractivity contribution is 5.94. The molecule has 0 aliphatic carbocycles. The molecule has 1 heterocycles. The fourth-order valence-electron chi connectivity index (χ4n) is 1.88. The number of hydrogen-bond acceptors (Lipinski definition) is 3. The van der Waals surface area contributed by atoms with E-state index in [9.17, 15) is 23.1 Å². The normalized spacial score (nSPS) is 12.9. The lowest BCUT2D eigenvalue weighted by atomic mass is 10.1. The minimum atomic E-state index is -4.49. The van der Waals surface area contributed by atoms with Crippen molar-refractivity contribution in [2.45, 2.75) is 18.7 Å². The molecule has 4 nitrogen and oxygen atoms in total. The molecule has 118 valence electrons. The molecule has 0 radical (unpaired) electrons. The molecule has 1 amide bonds. The lowest BCUT2D eigenvalue weighted by Gasteiger charge is -2.10. The van der Waals surface area contributed by atoms with Gasteiger partial charge in [-0.25, -0.2) is 0 Å². The van der Waals surface area contributed by atoms with Crippen LogP contribution in [0.15, 0.2) is 47.1 Å². The van der Waals surface area contributed by atoms with Crippen LogP contribution < -0.4 is 5.32 Å². The summed E-state index contributed by atoms with van der Waals surface area (Å²) in [6, 6.07) is 7.39. The van der Waals surface area contributed by atoms with Gasteiger partial charge in [0.1, 0.15) is 11.9 Å². The Morgan fingerprint density at radius 2 is 2.05 bits per heavy atom. The van der Waals surface area contributed by atoms with Crippen molar-refractivity contribution >= 4 is 5.91 Å². The quantitative estimate of drug-likeness (QED) is 0.891. The zero-order valence-corrected chi connectivity index (χ0v) is 11.4. The molecule has 0 saturated heterocycles. The smallest absolute Gasteiger partial charge is 0.416 e. The molecule has 7 heteroatoms. The number of amides is 1. The van der Waals surface area contributed by atoms with Gasteiger partial charge in [0.25, 0.3) is 5.91 Å². The second-order valence-electron chi connectivity index (χ2n) is 4.65. The molecule has 2 N–H and O–H groups in total. The average Bonchev–Trinajstić information content (AvgIpc) is 3.00. The van der Waals surface area contributed by atoms with Crippen LogP contribution in [0.1, 0.15) is 34.2 Å². The van der Waals surface area contributed by atoms with Gasteiger partial charge >= 0.3 is 6.18 Å². The predicted octanol–water partition coefficient (Wildman–Crippen LogP) is 3.15. The van der Waals surface area contributed by atoms with Crippen LogP contribution in [0, 0.1) is 0 Å². The van der Waals surface area contributed by atoms with Gasteiger partial charge in [-0.3, -0.25) is 4.79 Å². The summed E-state index contributed by atoms with van der Waals surface area (Å²) in [5.41, 5.74) is -0.960. The topological polar surface area (TPSA) is 62.5 Å². The van der Waals surface area contributed by atoms with Crippen LogP contribution in [0.25, 0.3) is 0 Å². The molecule has 0 aliphatic heterocycles. The first-order chi connectivity index (χ1) is 10.4. The number of carbonyl (C=O) groups is 1. The number of rotatable bonds is 5. The van der Waals surface area contributed by atoms with Crippen LogP contribution in [0.3, 0.4) is 0 Å². The lowest BCUT2D eigenvalue weighted by Crippen LogP contribution is -2.26. The monoisotopic (exact) mass is 313 g/mol. The Morgan fingerprint density at radius 3 is 2.68 bits per heavy atom. The first kappa shape index (κ1) is 16.1. The molecule has 0 aliphatic rings. The maximum absolute atomic E-state index is 12.6. The summed E-state index contributed by atoms with van der Waals surface area (Å²) in [5, 5.41) is 12.2. The predicted molar refractivity (Wildman–Crippen MR) is 72.1 cm³/mol. The second-order valence-corrected chi connectivity index (χ2v) is 4.65. The number of furan rings is 1. The van der Waals surface area contributed by atoms with Crippen LogP contribution >= 0.6 is 0 Å². The van der Waals surface area contributed by atoms with E-state index >= 15 is 0 Å². The van der Waals surface area contributed by atoms with Crippen molar-refractivity contribution in [3.05, 3.63) is 59.5 Å². The number of nitrogens with one attached hydrogen (secondary N) is 1.